The molecular formula is C36H68N2O5. The predicted molar refractivity (Wildman–Crippen MR) is 178 cm³/mol. The second-order valence-corrected chi connectivity index (χ2v) is 12.7. The van der Waals surface area contributed by atoms with Gasteiger partial charge in [-0.3, -0.25) is 24.1 Å². The number of hydrogen-bond donors (Lipinski definition) is 2. The maximum Gasteiger partial charge on any atom is 0.306 e. The molecule has 0 aliphatic rings. The SMILES string of the molecule is CCCCCCCCCCCCCCCC(=O)N(C(=O)CCCCCCCCCCCCCCC)[C@@H](CC(=O)O)C(N)=O. The number of primary amides is 1. The van der Waals surface area contributed by atoms with Gasteiger partial charge in [-0.05, 0) is 12.8 Å². The van der Waals surface area contributed by atoms with Crippen molar-refractivity contribution in [1.82, 2.24) is 4.90 Å². The minimum Gasteiger partial charge on any atom is -0.481 e. The lowest BCUT2D eigenvalue weighted by molar-refractivity contribution is -0.154. The van der Waals surface area contributed by atoms with E-state index in [0.29, 0.717) is 12.8 Å². The third-order valence-corrected chi connectivity index (χ3v) is 8.53. The quantitative estimate of drug-likeness (QED) is 0.0737. The van der Waals surface area contributed by atoms with Crippen LogP contribution in [-0.2, 0) is 19.2 Å². The van der Waals surface area contributed by atoms with Crippen molar-refractivity contribution in [1.29, 1.82) is 0 Å². The Morgan fingerprint density at radius 3 is 0.977 bits per heavy atom. The Balaban J connectivity index is 4.32. The summed E-state index contributed by atoms with van der Waals surface area (Å²) in [6.07, 6.45) is 30.4. The number of imide groups is 1. The van der Waals surface area contributed by atoms with Crippen molar-refractivity contribution in [3.8, 4) is 0 Å². The Hall–Kier alpha value is -1.92. The summed E-state index contributed by atoms with van der Waals surface area (Å²) in [6.45, 7) is 4.48. The molecule has 0 bridgehead atoms. The standard InChI is InChI=1S/C36H68N2O5/c1-3-5-7-9-11-13-15-17-19-21-23-25-27-29-33(39)38(32(36(37)43)31-35(41)42)34(40)30-28-26-24-22-20-18-16-14-12-10-8-6-4-2/h32H,3-31H2,1-2H3,(H2,37,43)(H,41,42)/t32-/m0/s1. The Morgan fingerprint density at radius 1 is 0.488 bits per heavy atom. The van der Waals surface area contributed by atoms with E-state index in [1.165, 1.54) is 116 Å². The molecule has 7 heteroatoms. The first-order valence-corrected chi connectivity index (χ1v) is 18.2. The molecule has 0 heterocycles. The highest BCUT2D eigenvalue weighted by Gasteiger charge is 2.34. The van der Waals surface area contributed by atoms with Crippen molar-refractivity contribution in [2.24, 2.45) is 5.73 Å². The van der Waals surface area contributed by atoms with E-state index in [1.54, 1.807) is 0 Å². The third kappa shape index (κ3) is 25.1. The Kier molecular flexibility index (Phi) is 28.8. The second kappa shape index (κ2) is 30.1. The lowest BCUT2D eigenvalue weighted by Gasteiger charge is -2.27. The van der Waals surface area contributed by atoms with Crippen LogP contribution in [0.5, 0.6) is 0 Å². The highest BCUT2D eigenvalue weighted by Crippen LogP contribution is 2.17. The number of aliphatic carboxylic acids is 1. The van der Waals surface area contributed by atoms with Crippen molar-refractivity contribution in [3.63, 3.8) is 0 Å². The van der Waals surface area contributed by atoms with E-state index >= 15 is 0 Å². The van der Waals surface area contributed by atoms with Gasteiger partial charge in [-0.2, -0.15) is 0 Å². The maximum absolute atomic E-state index is 13.1. The molecule has 0 aromatic rings. The summed E-state index contributed by atoms with van der Waals surface area (Å²) in [4.78, 5) is 50.4. The van der Waals surface area contributed by atoms with Crippen LogP contribution < -0.4 is 5.73 Å². The molecule has 1 atom stereocenters. The van der Waals surface area contributed by atoms with Crippen LogP contribution in [0.1, 0.15) is 200 Å². The first-order chi connectivity index (χ1) is 20.8. The molecule has 0 saturated carbocycles. The summed E-state index contributed by atoms with van der Waals surface area (Å²) in [7, 11) is 0. The van der Waals surface area contributed by atoms with Gasteiger partial charge in [-0.1, -0.05) is 168 Å². The smallest absolute Gasteiger partial charge is 0.306 e. The minimum atomic E-state index is -1.43. The van der Waals surface area contributed by atoms with E-state index < -0.39 is 36.2 Å². The summed E-state index contributed by atoms with van der Waals surface area (Å²) >= 11 is 0. The molecule has 0 radical (unpaired) electrons. The van der Waals surface area contributed by atoms with Crippen LogP contribution in [0.25, 0.3) is 0 Å². The topological polar surface area (TPSA) is 118 Å². The average Bonchev–Trinajstić information content (AvgIpc) is 2.97. The van der Waals surface area contributed by atoms with Crippen LogP contribution in [0, 0.1) is 0 Å². The highest BCUT2D eigenvalue weighted by atomic mass is 16.4. The van der Waals surface area contributed by atoms with Gasteiger partial charge in [0.25, 0.3) is 0 Å². The van der Waals surface area contributed by atoms with Gasteiger partial charge >= 0.3 is 5.97 Å². The number of amides is 3. The molecule has 0 unspecified atom stereocenters. The van der Waals surface area contributed by atoms with Gasteiger partial charge in [0.1, 0.15) is 6.04 Å². The number of unbranched alkanes of at least 4 members (excludes halogenated alkanes) is 24. The number of carboxylic acids is 1. The first kappa shape index (κ1) is 41.1. The van der Waals surface area contributed by atoms with E-state index in [-0.39, 0.29) is 12.8 Å². The predicted octanol–water partition coefficient (Wildman–Crippen LogP) is 9.63. The van der Waals surface area contributed by atoms with Crippen molar-refractivity contribution < 1.29 is 24.3 Å². The molecule has 0 aromatic heterocycles. The Morgan fingerprint density at radius 2 is 0.744 bits per heavy atom. The molecule has 7 nitrogen and oxygen atoms in total. The fraction of sp³-hybridized carbons (Fsp3) is 0.889. The van der Waals surface area contributed by atoms with E-state index in [4.69, 9.17) is 5.73 Å². The van der Waals surface area contributed by atoms with Crippen molar-refractivity contribution in [2.75, 3.05) is 0 Å². The molecule has 0 saturated heterocycles. The van der Waals surface area contributed by atoms with Gasteiger partial charge in [-0.15, -0.1) is 0 Å². The lowest BCUT2D eigenvalue weighted by Crippen LogP contribution is -2.51. The fourth-order valence-electron chi connectivity index (χ4n) is 5.80. The molecule has 43 heavy (non-hydrogen) atoms. The molecule has 252 valence electrons. The number of nitrogens with zero attached hydrogens (tertiary/aromatic N) is 1. The van der Waals surface area contributed by atoms with Gasteiger partial charge in [0.05, 0.1) is 6.42 Å². The van der Waals surface area contributed by atoms with E-state index in [0.717, 1.165) is 43.4 Å². The Bertz CT molecular complexity index is 670. The largest absolute Gasteiger partial charge is 0.481 e. The molecular weight excluding hydrogens is 540 g/mol. The molecule has 0 aliphatic carbocycles. The fourth-order valence-corrected chi connectivity index (χ4v) is 5.80. The maximum atomic E-state index is 13.1. The summed E-state index contributed by atoms with van der Waals surface area (Å²) in [5.41, 5.74) is 5.46. The van der Waals surface area contributed by atoms with Crippen LogP contribution in [0.3, 0.4) is 0 Å². The molecule has 0 fully saturated rings. The Labute approximate surface area is 264 Å². The zero-order valence-electron chi connectivity index (χ0n) is 28.2. The number of carboxylic acid groups (broad SMARTS) is 1. The molecule has 0 aromatic carbocycles. The number of rotatable bonds is 32. The summed E-state index contributed by atoms with van der Waals surface area (Å²) < 4.78 is 0. The zero-order valence-corrected chi connectivity index (χ0v) is 28.2. The summed E-state index contributed by atoms with van der Waals surface area (Å²) in [5.74, 6) is -3.16. The van der Waals surface area contributed by atoms with Crippen LogP contribution in [0.4, 0.5) is 0 Å². The number of carbonyl (C=O) groups is 4. The number of hydrogen-bond acceptors (Lipinski definition) is 4. The van der Waals surface area contributed by atoms with Crippen molar-refractivity contribution >= 4 is 23.7 Å². The summed E-state index contributed by atoms with van der Waals surface area (Å²) in [6, 6.07) is -1.43. The van der Waals surface area contributed by atoms with E-state index in [9.17, 15) is 24.3 Å². The van der Waals surface area contributed by atoms with Gasteiger partial charge in [0.2, 0.25) is 17.7 Å². The van der Waals surface area contributed by atoms with Crippen molar-refractivity contribution in [3.05, 3.63) is 0 Å². The van der Waals surface area contributed by atoms with Crippen molar-refractivity contribution in [2.45, 2.75) is 206 Å². The number of nitrogens with two attached hydrogens (primary N) is 1. The first-order valence-electron chi connectivity index (χ1n) is 18.2. The van der Waals surface area contributed by atoms with Crippen LogP contribution in [0.2, 0.25) is 0 Å². The average molecular weight is 609 g/mol. The zero-order chi connectivity index (χ0) is 32.0. The van der Waals surface area contributed by atoms with Crippen LogP contribution >= 0.6 is 0 Å². The van der Waals surface area contributed by atoms with Gasteiger partial charge in [0.15, 0.2) is 0 Å². The van der Waals surface area contributed by atoms with Crippen LogP contribution in [0.15, 0.2) is 0 Å². The lowest BCUT2D eigenvalue weighted by atomic mass is 10.0. The van der Waals surface area contributed by atoms with Crippen LogP contribution in [-0.4, -0.2) is 39.7 Å². The number of carbonyl (C=O) groups excluding carboxylic acids is 3. The molecule has 0 spiro atoms. The van der Waals surface area contributed by atoms with Gasteiger partial charge in [-0.25, -0.2) is 0 Å². The van der Waals surface area contributed by atoms with E-state index in [2.05, 4.69) is 13.8 Å². The second-order valence-electron chi connectivity index (χ2n) is 12.7. The monoisotopic (exact) mass is 609 g/mol. The normalized spacial score (nSPS) is 11.9. The molecule has 3 N–H and O–H groups in total. The molecule has 0 aliphatic heterocycles. The van der Waals surface area contributed by atoms with Gasteiger partial charge < -0.3 is 10.8 Å². The molecule has 0 rings (SSSR count). The molecule has 3 amide bonds. The highest BCUT2D eigenvalue weighted by molar-refractivity contribution is 6.01. The third-order valence-electron chi connectivity index (χ3n) is 8.53. The summed E-state index contributed by atoms with van der Waals surface area (Å²) in [5, 5.41) is 9.29. The van der Waals surface area contributed by atoms with E-state index in [1.807, 2.05) is 0 Å². The van der Waals surface area contributed by atoms with Gasteiger partial charge in [0, 0.05) is 12.8 Å². The minimum absolute atomic E-state index is 0.130.